The average molecular weight is 361 g/mol. The summed E-state index contributed by atoms with van der Waals surface area (Å²) in [6.45, 7) is 0. The van der Waals surface area contributed by atoms with Crippen LogP contribution < -0.4 is 10.1 Å². The van der Waals surface area contributed by atoms with Gasteiger partial charge in [0.2, 0.25) is 0 Å². The van der Waals surface area contributed by atoms with Crippen LogP contribution in [0.15, 0.2) is 48.8 Å². The van der Waals surface area contributed by atoms with E-state index in [4.69, 9.17) is 4.74 Å². The molecule has 5 heteroatoms. The maximum Gasteiger partial charge on any atom is 0.251 e. The normalized spacial score (nSPS) is 17.7. The van der Waals surface area contributed by atoms with Gasteiger partial charge >= 0.3 is 0 Å². The summed E-state index contributed by atoms with van der Waals surface area (Å²) in [7, 11) is 1.66. The first-order valence-corrected chi connectivity index (χ1v) is 9.64. The Balaban J connectivity index is 1.38. The minimum Gasteiger partial charge on any atom is -0.497 e. The zero-order valence-electron chi connectivity index (χ0n) is 15.4. The molecule has 0 saturated heterocycles. The minimum absolute atomic E-state index is 0.0365. The van der Waals surface area contributed by atoms with Crippen molar-refractivity contribution >= 4 is 16.9 Å². The topological polar surface area (TPSA) is 56.1 Å². The van der Waals surface area contributed by atoms with E-state index in [2.05, 4.69) is 14.9 Å². The number of ether oxygens (including phenoxy) is 1. The van der Waals surface area contributed by atoms with Crippen LogP contribution in [0.25, 0.3) is 11.0 Å². The maximum absolute atomic E-state index is 12.9. The van der Waals surface area contributed by atoms with Gasteiger partial charge in [0.15, 0.2) is 0 Å². The summed E-state index contributed by atoms with van der Waals surface area (Å²) < 4.78 is 7.47. The Kier molecular flexibility index (Phi) is 3.88. The molecule has 27 heavy (non-hydrogen) atoms. The highest BCUT2D eigenvalue weighted by molar-refractivity contribution is 5.97. The molecule has 3 aromatic rings. The summed E-state index contributed by atoms with van der Waals surface area (Å²) in [5.74, 6) is 1.31. The van der Waals surface area contributed by atoms with Gasteiger partial charge in [-0.1, -0.05) is 12.1 Å². The van der Waals surface area contributed by atoms with Crippen LogP contribution in [-0.2, 0) is 0 Å². The molecule has 5 rings (SSSR count). The number of benzene rings is 2. The van der Waals surface area contributed by atoms with Crippen molar-refractivity contribution in [2.45, 2.75) is 37.8 Å². The van der Waals surface area contributed by atoms with E-state index in [-0.39, 0.29) is 11.9 Å². The fraction of sp³-hybridized carbons (Fsp3) is 0.364. The summed E-state index contributed by atoms with van der Waals surface area (Å²) in [4.78, 5) is 17.4. The number of nitrogens with one attached hydrogen (secondary N) is 1. The second-order valence-electron chi connectivity index (χ2n) is 7.65. The highest BCUT2D eigenvalue weighted by Gasteiger charge is 2.33. The largest absolute Gasteiger partial charge is 0.497 e. The van der Waals surface area contributed by atoms with Gasteiger partial charge in [-0.3, -0.25) is 4.79 Å². The standard InChI is InChI=1S/C22H23N3O2/c1-27-18-9-4-15(5-10-18)21(14-2-3-14)24-22(26)16-6-11-20-19(12-16)23-13-25(20)17-7-8-17/h4-6,9-14,17,21H,2-3,7-8H2,1H3,(H,24,26). The Labute approximate surface area is 158 Å². The number of methoxy groups -OCH3 is 1. The van der Waals surface area contributed by atoms with Crippen molar-refractivity contribution in [1.82, 2.24) is 14.9 Å². The first-order chi connectivity index (χ1) is 13.2. The lowest BCUT2D eigenvalue weighted by Crippen LogP contribution is -2.29. The van der Waals surface area contributed by atoms with Crippen molar-refractivity contribution in [1.29, 1.82) is 0 Å². The smallest absolute Gasteiger partial charge is 0.251 e. The molecular weight excluding hydrogens is 338 g/mol. The molecular formula is C22H23N3O2. The molecule has 1 heterocycles. The number of carbonyl (C=O) groups excluding carboxylic acids is 1. The fourth-order valence-corrected chi connectivity index (χ4v) is 3.76. The van der Waals surface area contributed by atoms with Crippen molar-refractivity contribution in [2.75, 3.05) is 7.11 Å². The Morgan fingerprint density at radius 3 is 2.59 bits per heavy atom. The first-order valence-electron chi connectivity index (χ1n) is 9.64. The molecule has 1 atom stereocenters. The molecule has 2 saturated carbocycles. The Morgan fingerprint density at radius 1 is 1.15 bits per heavy atom. The van der Waals surface area contributed by atoms with E-state index in [1.165, 1.54) is 12.8 Å². The fourth-order valence-electron chi connectivity index (χ4n) is 3.76. The Morgan fingerprint density at radius 2 is 1.93 bits per heavy atom. The van der Waals surface area contributed by atoms with Crippen LogP contribution in [-0.4, -0.2) is 22.6 Å². The third-order valence-corrected chi connectivity index (χ3v) is 5.63. The molecule has 0 spiro atoms. The predicted molar refractivity (Wildman–Crippen MR) is 104 cm³/mol. The van der Waals surface area contributed by atoms with Crippen molar-refractivity contribution in [3.63, 3.8) is 0 Å². The number of carbonyl (C=O) groups is 1. The molecule has 138 valence electrons. The van der Waals surface area contributed by atoms with Crippen molar-refractivity contribution in [2.24, 2.45) is 5.92 Å². The van der Waals surface area contributed by atoms with E-state index < -0.39 is 0 Å². The summed E-state index contributed by atoms with van der Waals surface area (Å²) in [5, 5.41) is 3.24. The quantitative estimate of drug-likeness (QED) is 0.714. The lowest BCUT2D eigenvalue weighted by atomic mass is 10.0. The van der Waals surface area contributed by atoms with Gasteiger partial charge in [0, 0.05) is 11.6 Å². The Hall–Kier alpha value is -2.82. The monoisotopic (exact) mass is 361 g/mol. The van der Waals surface area contributed by atoms with Crippen LogP contribution in [0.5, 0.6) is 5.75 Å². The number of amides is 1. The molecule has 1 aromatic heterocycles. The van der Waals surface area contributed by atoms with E-state index in [1.54, 1.807) is 7.11 Å². The van der Waals surface area contributed by atoms with Gasteiger partial charge in [-0.05, 0) is 67.5 Å². The maximum atomic E-state index is 12.9. The molecule has 2 aliphatic rings. The molecule has 0 aliphatic heterocycles. The highest BCUT2D eigenvalue weighted by atomic mass is 16.5. The van der Waals surface area contributed by atoms with Gasteiger partial charge in [-0.15, -0.1) is 0 Å². The Bertz CT molecular complexity index is 984. The van der Waals surface area contributed by atoms with Crippen molar-refractivity contribution in [3.05, 3.63) is 59.9 Å². The van der Waals surface area contributed by atoms with Crippen LogP contribution in [0, 0.1) is 5.92 Å². The predicted octanol–water partition coefficient (Wildman–Crippen LogP) is 4.26. The van der Waals surface area contributed by atoms with Crippen LogP contribution in [0.1, 0.15) is 53.7 Å². The second-order valence-corrected chi connectivity index (χ2v) is 7.65. The van der Waals surface area contributed by atoms with Gasteiger partial charge < -0.3 is 14.6 Å². The molecule has 1 amide bonds. The van der Waals surface area contributed by atoms with E-state index >= 15 is 0 Å². The third kappa shape index (κ3) is 3.18. The number of fused-ring (bicyclic) bond motifs is 1. The minimum atomic E-state index is -0.0365. The number of rotatable bonds is 6. The van der Waals surface area contributed by atoms with E-state index in [9.17, 15) is 4.79 Å². The van der Waals surface area contributed by atoms with E-state index in [1.807, 2.05) is 48.8 Å². The zero-order chi connectivity index (χ0) is 18.4. The lowest BCUT2D eigenvalue weighted by Gasteiger charge is -2.19. The van der Waals surface area contributed by atoms with E-state index in [0.717, 1.165) is 35.2 Å². The van der Waals surface area contributed by atoms with Crippen molar-refractivity contribution in [3.8, 4) is 5.75 Å². The summed E-state index contributed by atoms with van der Waals surface area (Å²) in [5.41, 5.74) is 3.80. The van der Waals surface area contributed by atoms with E-state index in [0.29, 0.717) is 17.5 Å². The van der Waals surface area contributed by atoms with Gasteiger partial charge in [0.05, 0.1) is 30.5 Å². The summed E-state index contributed by atoms with van der Waals surface area (Å²) in [6, 6.07) is 14.5. The summed E-state index contributed by atoms with van der Waals surface area (Å²) in [6.07, 6.45) is 6.65. The number of hydrogen-bond acceptors (Lipinski definition) is 3. The molecule has 2 aliphatic carbocycles. The number of nitrogens with zero attached hydrogens (tertiary/aromatic N) is 2. The molecule has 0 radical (unpaired) electrons. The molecule has 1 unspecified atom stereocenters. The summed E-state index contributed by atoms with van der Waals surface area (Å²) >= 11 is 0. The first kappa shape index (κ1) is 16.4. The number of hydrogen-bond donors (Lipinski definition) is 1. The van der Waals surface area contributed by atoms with Gasteiger partial charge in [0.1, 0.15) is 5.75 Å². The molecule has 5 nitrogen and oxygen atoms in total. The molecule has 0 bridgehead atoms. The molecule has 1 N–H and O–H groups in total. The van der Waals surface area contributed by atoms with Gasteiger partial charge in [0.25, 0.3) is 5.91 Å². The van der Waals surface area contributed by atoms with Gasteiger partial charge in [-0.2, -0.15) is 0 Å². The van der Waals surface area contributed by atoms with Crippen LogP contribution in [0.2, 0.25) is 0 Å². The lowest BCUT2D eigenvalue weighted by molar-refractivity contribution is 0.0932. The van der Waals surface area contributed by atoms with Crippen LogP contribution in [0.4, 0.5) is 0 Å². The molecule has 2 fully saturated rings. The second kappa shape index (κ2) is 6.41. The molecule has 2 aromatic carbocycles. The third-order valence-electron chi connectivity index (χ3n) is 5.63. The number of imidazole rings is 1. The SMILES string of the molecule is COc1ccc(C(NC(=O)c2ccc3c(c2)ncn3C2CC2)C2CC2)cc1. The average Bonchev–Trinajstić information content (AvgIpc) is 3.64. The van der Waals surface area contributed by atoms with Gasteiger partial charge in [-0.25, -0.2) is 4.98 Å². The van der Waals surface area contributed by atoms with Crippen LogP contribution >= 0.6 is 0 Å². The zero-order valence-corrected chi connectivity index (χ0v) is 15.4. The van der Waals surface area contributed by atoms with Crippen molar-refractivity contribution < 1.29 is 9.53 Å². The van der Waals surface area contributed by atoms with Crippen LogP contribution in [0.3, 0.4) is 0 Å². The number of aromatic nitrogens is 2. The highest BCUT2D eigenvalue weighted by Crippen LogP contribution is 2.41.